The lowest BCUT2D eigenvalue weighted by Gasteiger charge is -2.24. The number of aliphatic carboxylic acids is 1. The Hall–Kier alpha value is -1.91. The summed E-state index contributed by atoms with van der Waals surface area (Å²) in [6, 6.07) is 3.64. The van der Waals surface area contributed by atoms with Crippen molar-refractivity contribution in [2.75, 3.05) is 11.4 Å². The minimum Gasteiger partial charge on any atom is -0.481 e. The number of aryl methyl sites for hydroxylation is 1. The minimum atomic E-state index is -0.926. The average molecular weight is 250 g/mol. The normalized spacial score (nSPS) is 10.4. The van der Waals surface area contributed by atoms with Crippen LogP contribution in [0.3, 0.4) is 0 Å². The van der Waals surface area contributed by atoms with Crippen molar-refractivity contribution in [3.8, 4) is 0 Å². The van der Waals surface area contributed by atoms with Crippen molar-refractivity contribution in [2.45, 2.75) is 27.2 Å². The first-order chi connectivity index (χ1) is 8.43. The van der Waals surface area contributed by atoms with E-state index in [1.165, 1.54) is 4.90 Å². The maximum absolute atomic E-state index is 12.1. The molecule has 1 aromatic rings. The van der Waals surface area contributed by atoms with Crippen molar-refractivity contribution < 1.29 is 14.7 Å². The summed E-state index contributed by atoms with van der Waals surface area (Å²) in [5, 5.41) is 8.74. The van der Waals surface area contributed by atoms with E-state index in [4.69, 9.17) is 5.11 Å². The zero-order chi connectivity index (χ0) is 13.7. The van der Waals surface area contributed by atoms with Crippen LogP contribution in [0.1, 0.15) is 25.8 Å². The number of carboxylic acids is 1. The van der Waals surface area contributed by atoms with Gasteiger partial charge in [-0.05, 0) is 18.6 Å². The number of pyridine rings is 1. The fourth-order valence-corrected chi connectivity index (χ4v) is 1.60. The standard InChI is InChI=1S/C13H18N2O3/c1-9(2)13(18)15(8-6-11(16)17)12-10(3)5-4-7-14-12/h4-5,7,9H,6,8H2,1-3H3,(H,16,17). The first-order valence-electron chi connectivity index (χ1n) is 5.88. The van der Waals surface area contributed by atoms with Gasteiger partial charge in [0.2, 0.25) is 5.91 Å². The van der Waals surface area contributed by atoms with Gasteiger partial charge >= 0.3 is 5.97 Å². The molecule has 0 fully saturated rings. The Kier molecular flexibility index (Phi) is 4.83. The highest BCUT2D eigenvalue weighted by molar-refractivity contribution is 5.94. The highest BCUT2D eigenvalue weighted by Gasteiger charge is 2.21. The molecule has 98 valence electrons. The molecule has 0 unspecified atom stereocenters. The molecular weight excluding hydrogens is 232 g/mol. The number of carboxylic acid groups (broad SMARTS) is 1. The van der Waals surface area contributed by atoms with E-state index in [2.05, 4.69) is 4.98 Å². The summed E-state index contributed by atoms with van der Waals surface area (Å²) in [5.74, 6) is -0.694. The van der Waals surface area contributed by atoms with Gasteiger partial charge in [0.05, 0.1) is 6.42 Å². The second-order valence-corrected chi connectivity index (χ2v) is 4.43. The minimum absolute atomic E-state index is 0.0888. The van der Waals surface area contributed by atoms with Gasteiger partial charge in [-0.3, -0.25) is 14.5 Å². The average Bonchev–Trinajstić information content (AvgIpc) is 2.30. The van der Waals surface area contributed by atoms with E-state index in [-0.39, 0.29) is 24.8 Å². The van der Waals surface area contributed by atoms with Gasteiger partial charge in [0.25, 0.3) is 0 Å². The Labute approximate surface area is 106 Å². The predicted molar refractivity (Wildman–Crippen MR) is 68.4 cm³/mol. The zero-order valence-electron chi connectivity index (χ0n) is 10.9. The highest BCUT2D eigenvalue weighted by atomic mass is 16.4. The highest BCUT2D eigenvalue weighted by Crippen LogP contribution is 2.18. The lowest BCUT2D eigenvalue weighted by Crippen LogP contribution is -2.37. The molecule has 1 heterocycles. The summed E-state index contributed by atoms with van der Waals surface area (Å²) < 4.78 is 0. The summed E-state index contributed by atoms with van der Waals surface area (Å²) in [5.41, 5.74) is 0.858. The number of rotatable bonds is 5. The fourth-order valence-electron chi connectivity index (χ4n) is 1.60. The molecule has 0 spiro atoms. The van der Waals surface area contributed by atoms with Crippen LogP contribution in [0.5, 0.6) is 0 Å². The van der Waals surface area contributed by atoms with Crippen LogP contribution in [0, 0.1) is 12.8 Å². The van der Waals surface area contributed by atoms with E-state index in [0.717, 1.165) is 5.56 Å². The van der Waals surface area contributed by atoms with Crippen LogP contribution in [0.2, 0.25) is 0 Å². The molecule has 0 saturated carbocycles. The molecule has 1 rings (SSSR count). The molecule has 0 aromatic carbocycles. The number of carbonyl (C=O) groups excluding carboxylic acids is 1. The molecule has 0 atom stereocenters. The van der Waals surface area contributed by atoms with Crippen molar-refractivity contribution in [3.63, 3.8) is 0 Å². The molecule has 5 heteroatoms. The number of carbonyl (C=O) groups is 2. The van der Waals surface area contributed by atoms with E-state index in [0.29, 0.717) is 5.82 Å². The quantitative estimate of drug-likeness (QED) is 0.865. The van der Waals surface area contributed by atoms with Crippen molar-refractivity contribution >= 4 is 17.7 Å². The van der Waals surface area contributed by atoms with Gasteiger partial charge in [-0.1, -0.05) is 19.9 Å². The second-order valence-electron chi connectivity index (χ2n) is 4.43. The predicted octanol–water partition coefficient (Wildman–Crippen LogP) is 1.85. The van der Waals surface area contributed by atoms with Crippen LogP contribution in [-0.4, -0.2) is 28.5 Å². The molecule has 18 heavy (non-hydrogen) atoms. The van der Waals surface area contributed by atoms with Crippen molar-refractivity contribution in [2.24, 2.45) is 5.92 Å². The Bertz CT molecular complexity index is 444. The van der Waals surface area contributed by atoms with Crippen LogP contribution < -0.4 is 4.90 Å². The van der Waals surface area contributed by atoms with Crippen molar-refractivity contribution in [1.29, 1.82) is 0 Å². The Morgan fingerprint density at radius 1 is 1.44 bits per heavy atom. The van der Waals surface area contributed by atoms with Crippen LogP contribution >= 0.6 is 0 Å². The maximum atomic E-state index is 12.1. The fraction of sp³-hybridized carbons (Fsp3) is 0.462. The lowest BCUT2D eigenvalue weighted by atomic mass is 10.1. The number of amides is 1. The topological polar surface area (TPSA) is 70.5 Å². The maximum Gasteiger partial charge on any atom is 0.305 e. The number of hydrogen-bond acceptors (Lipinski definition) is 3. The molecule has 1 aromatic heterocycles. The molecular formula is C13H18N2O3. The van der Waals surface area contributed by atoms with Gasteiger partial charge < -0.3 is 5.11 Å². The third kappa shape index (κ3) is 3.55. The van der Waals surface area contributed by atoms with Crippen LogP contribution in [0.4, 0.5) is 5.82 Å². The summed E-state index contributed by atoms with van der Waals surface area (Å²) in [6.45, 7) is 5.57. The number of hydrogen-bond donors (Lipinski definition) is 1. The summed E-state index contributed by atoms with van der Waals surface area (Å²) in [7, 11) is 0. The lowest BCUT2D eigenvalue weighted by molar-refractivity contribution is -0.136. The molecule has 0 bridgehead atoms. The number of aromatic nitrogens is 1. The zero-order valence-corrected chi connectivity index (χ0v) is 10.9. The largest absolute Gasteiger partial charge is 0.481 e. The first kappa shape index (κ1) is 14.2. The summed E-state index contributed by atoms with van der Waals surface area (Å²) in [6.07, 6.45) is 1.51. The number of anilines is 1. The van der Waals surface area contributed by atoms with Gasteiger partial charge in [-0.25, -0.2) is 4.98 Å². The Balaban J connectivity index is 3.00. The van der Waals surface area contributed by atoms with Gasteiger partial charge in [0.1, 0.15) is 5.82 Å². The third-order valence-electron chi connectivity index (χ3n) is 2.55. The van der Waals surface area contributed by atoms with E-state index in [1.54, 1.807) is 26.1 Å². The van der Waals surface area contributed by atoms with Gasteiger partial charge in [-0.15, -0.1) is 0 Å². The molecule has 5 nitrogen and oxygen atoms in total. The molecule has 0 saturated heterocycles. The summed E-state index contributed by atoms with van der Waals surface area (Å²) in [4.78, 5) is 28.4. The summed E-state index contributed by atoms with van der Waals surface area (Å²) >= 11 is 0. The second kappa shape index (κ2) is 6.14. The first-order valence-corrected chi connectivity index (χ1v) is 5.88. The molecule has 0 aliphatic carbocycles. The van der Waals surface area contributed by atoms with E-state index >= 15 is 0 Å². The Morgan fingerprint density at radius 2 is 2.11 bits per heavy atom. The van der Waals surface area contributed by atoms with E-state index in [9.17, 15) is 9.59 Å². The third-order valence-corrected chi connectivity index (χ3v) is 2.55. The van der Waals surface area contributed by atoms with Gasteiger partial charge in [0.15, 0.2) is 0 Å². The molecule has 1 amide bonds. The van der Waals surface area contributed by atoms with E-state index < -0.39 is 5.97 Å². The smallest absolute Gasteiger partial charge is 0.305 e. The van der Waals surface area contributed by atoms with Crippen LogP contribution in [0.15, 0.2) is 18.3 Å². The SMILES string of the molecule is Cc1cccnc1N(CCC(=O)O)C(=O)C(C)C. The molecule has 1 N–H and O–H groups in total. The molecule has 0 radical (unpaired) electrons. The molecule has 0 aliphatic rings. The van der Waals surface area contributed by atoms with Gasteiger partial charge in [0, 0.05) is 18.7 Å². The van der Waals surface area contributed by atoms with Gasteiger partial charge in [-0.2, -0.15) is 0 Å². The van der Waals surface area contributed by atoms with Crippen LogP contribution in [-0.2, 0) is 9.59 Å². The monoisotopic (exact) mass is 250 g/mol. The van der Waals surface area contributed by atoms with E-state index in [1.807, 2.05) is 13.0 Å². The van der Waals surface area contributed by atoms with Crippen molar-refractivity contribution in [3.05, 3.63) is 23.9 Å². The number of nitrogens with zero attached hydrogens (tertiary/aromatic N) is 2. The van der Waals surface area contributed by atoms with Crippen molar-refractivity contribution in [1.82, 2.24) is 4.98 Å². The van der Waals surface area contributed by atoms with Crippen LogP contribution in [0.25, 0.3) is 0 Å². The Morgan fingerprint density at radius 3 is 2.61 bits per heavy atom. The molecule has 0 aliphatic heterocycles.